The molecule has 3 rings (SSSR count). The molecule has 0 bridgehead atoms. The first kappa shape index (κ1) is 18.3. The molecule has 2 aromatic carbocycles. The van der Waals surface area contributed by atoms with Crippen molar-refractivity contribution in [1.29, 1.82) is 0 Å². The van der Waals surface area contributed by atoms with E-state index in [-0.39, 0.29) is 17.6 Å². The molecule has 2 aromatic rings. The molecule has 1 saturated heterocycles. The highest BCUT2D eigenvalue weighted by molar-refractivity contribution is 5.94. The average Bonchev–Trinajstić information content (AvgIpc) is 3.13. The van der Waals surface area contributed by atoms with Gasteiger partial charge in [0, 0.05) is 23.8 Å². The van der Waals surface area contributed by atoms with E-state index >= 15 is 0 Å². The third kappa shape index (κ3) is 4.58. The van der Waals surface area contributed by atoms with Gasteiger partial charge in [-0.1, -0.05) is 6.07 Å². The van der Waals surface area contributed by atoms with Crippen LogP contribution in [0.5, 0.6) is 5.75 Å². The van der Waals surface area contributed by atoms with Crippen LogP contribution >= 0.6 is 0 Å². The maximum Gasteiger partial charge on any atom is 0.251 e. The van der Waals surface area contributed by atoms with Gasteiger partial charge in [0.05, 0.1) is 12.1 Å². The Morgan fingerprint density at radius 2 is 2.04 bits per heavy atom. The van der Waals surface area contributed by atoms with Gasteiger partial charge in [0.15, 0.2) is 0 Å². The number of halogens is 2. The minimum Gasteiger partial charge on any atom is -0.491 e. The van der Waals surface area contributed by atoms with E-state index in [1.54, 1.807) is 31.2 Å². The molecule has 1 N–H and O–H groups in total. The van der Waals surface area contributed by atoms with Gasteiger partial charge in [0.25, 0.3) is 5.91 Å². The van der Waals surface area contributed by atoms with Crippen LogP contribution in [0.1, 0.15) is 41.7 Å². The molecular weight excluding hydrogens is 340 g/mol. The van der Waals surface area contributed by atoms with Crippen molar-refractivity contribution in [3.63, 3.8) is 0 Å². The van der Waals surface area contributed by atoms with E-state index in [4.69, 9.17) is 9.47 Å². The van der Waals surface area contributed by atoms with Crippen molar-refractivity contribution in [2.75, 3.05) is 13.2 Å². The number of carbonyl (C=O) groups excluding carboxylic acids is 1. The zero-order valence-electron chi connectivity index (χ0n) is 14.5. The van der Waals surface area contributed by atoms with Crippen molar-refractivity contribution in [1.82, 2.24) is 5.32 Å². The van der Waals surface area contributed by atoms with Gasteiger partial charge < -0.3 is 14.8 Å². The second-order valence-corrected chi connectivity index (χ2v) is 6.33. The molecular formula is C20H21F2NO3. The molecule has 1 aliphatic rings. The number of hydrogen-bond donors (Lipinski definition) is 1. The van der Waals surface area contributed by atoms with Gasteiger partial charge in [-0.05, 0) is 50.1 Å². The van der Waals surface area contributed by atoms with Gasteiger partial charge >= 0.3 is 0 Å². The van der Waals surface area contributed by atoms with Crippen LogP contribution < -0.4 is 10.1 Å². The van der Waals surface area contributed by atoms with Crippen LogP contribution in [0, 0.1) is 11.6 Å². The lowest BCUT2D eigenvalue weighted by Gasteiger charge is -2.16. The summed E-state index contributed by atoms with van der Waals surface area (Å²) < 4.78 is 37.9. The summed E-state index contributed by atoms with van der Waals surface area (Å²) in [7, 11) is 0. The third-order valence-electron chi connectivity index (χ3n) is 4.35. The Balaban J connectivity index is 1.57. The summed E-state index contributed by atoms with van der Waals surface area (Å²) in [6.07, 6.45) is 2.18. The fraction of sp³-hybridized carbons (Fsp3) is 0.350. The Kier molecular flexibility index (Phi) is 5.83. The summed E-state index contributed by atoms with van der Waals surface area (Å²) in [5.41, 5.74) is 0.667. The van der Waals surface area contributed by atoms with Crippen molar-refractivity contribution in [2.45, 2.75) is 31.9 Å². The van der Waals surface area contributed by atoms with Crippen molar-refractivity contribution < 1.29 is 23.0 Å². The summed E-state index contributed by atoms with van der Waals surface area (Å²) in [5.74, 6) is -1.01. The summed E-state index contributed by atoms with van der Waals surface area (Å²) in [4.78, 5) is 12.3. The Morgan fingerprint density at radius 3 is 2.69 bits per heavy atom. The number of benzene rings is 2. The molecule has 1 aliphatic heterocycles. The van der Waals surface area contributed by atoms with E-state index < -0.39 is 17.7 Å². The van der Waals surface area contributed by atoms with Crippen molar-refractivity contribution in [2.24, 2.45) is 0 Å². The van der Waals surface area contributed by atoms with E-state index in [2.05, 4.69) is 5.32 Å². The van der Waals surface area contributed by atoms with Gasteiger partial charge in [-0.15, -0.1) is 0 Å². The summed E-state index contributed by atoms with van der Waals surface area (Å²) in [6, 6.07) is 9.44. The van der Waals surface area contributed by atoms with Crippen molar-refractivity contribution in [3.05, 3.63) is 65.2 Å². The molecule has 1 fully saturated rings. The van der Waals surface area contributed by atoms with E-state index in [1.165, 1.54) is 12.1 Å². The van der Waals surface area contributed by atoms with Gasteiger partial charge in [-0.3, -0.25) is 4.79 Å². The average molecular weight is 361 g/mol. The molecule has 2 unspecified atom stereocenters. The lowest BCUT2D eigenvalue weighted by Crippen LogP contribution is -2.27. The standard InChI is InChI=1S/C20H21F2NO3/c1-13(18-9-6-15(21)11-19(18)22)23-20(24)14-4-7-16(8-5-14)26-12-17-3-2-10-25-17/h4-9,11,13,17H,2-3,10,12H2,1H3,(H,23,24). The Morgan fingerprint density at radius 1 is 1.27 bits per heavy atom. The third-order valence-corrected chi connectivity index (χ3v) is 4.35. The predicted molar refractivity (Wildman–Crippen MR) is 93.2 cm³/mol. The molecule has 26 heavy (non-hydrogen) atoms. The number of hydrogen-bond acceptors (Lipinski definition) is 3. The molecule has 1 amide bonds. The number of amides is 1. The van der Waals surface area contributed by atoms with Crippen LogP contribution in [0.4, 0.5) is 8.78 Å². The molecule has 0 aromatic heterocycles. The highest BCUT2D eigenvalue weighted by Crippen LogP contribution is 2.20. The largest absolute Gasteiger partial charge is 0.491 e. The monoisotopic (exact) mass is 361 g/mol. The first-order valence-electron chi connectivity index (χ1n) is 8.63. The zero-order chi connectivity index (χ0) is 18.5. The van der Waals surface area contributed by atoms with Crippen LogP contribution in [-0.2, 0) is 4.74 Å². The maximum atomic E-state index is 13.8. The predicted octanol–water partition coefficient (Wildman–Crippen LogP) is 4.01. The van der Waals surface area contributed by atoms with Crippen LogP contribution in [0.25, 0.3) is 0 Å². The molecule has 1 heterocycles. The maximum absolute atomic E-state index is 13.8. The zero-order valence-corrected chi connectivity index (χ0v) is 14.5. The van der Waals surface area contributed by atoms with Crippen molar-refractivity contribution >= 4 is 5.91 Å². The van der Waals surface area contributed by atoms with E-state index in [1.807, 2.05) is 0 Å². The Bertz CT molecular complexity index is 758. The first-order valence-corrected chi connectivity index (χ1v) is 8.63. The number of nitrogens with one attached hydrogen (secondary N) is 1. The molecule has 138 valence electrons. The van der Waals surface area contributed by atoms with Gasteiger partial charge in [-0.2, -0.15) is 0 Å². The SMILES string of the molecule is CC(NC(=O)c1ccc(OCC2CCCO2)cc1)c1ccc(F)cc1F. The van der Waals surface area contributed by atoms with Crippen LogP contribution in [0.2, 0.25) is 0 Å². The molecule has 4 nitrogen and oxygen atoms in total. The number of ether oxygens (including phenoxy) is 2. The molecule has 2 atom stereocenters. The second-order valence-electron chi connectivity index (χ2n) is 6.33. The lowest BCUT2D eigenvalue weighted by atomic mass is 10.1. The molecule has 0 aliphatic carbocycles. The molecule has 0 saturated carbocycles. The normalized spacial score (nSPS) is 17.7. The van der Waals surface area contributed by atoms with E-state index in [9.17, 15) is 13.6 Å². The first-order chi connectivity index (χ1) is 12.5. The van der Waals surface area contributed by atoms with Crippen LogP contribution in [0.15, 0.2) is 42.5 Å². The van der Waals surface area contributed by atoms with E-state index in [0.717, 1.165) is 25.5 Å². The second kappa shape index (κ2) is 8.27. The fourth-order valence-electron chi connectivity index (χ4n) is 2.88. The fourth-order valence-corrected chi connectivity index (χ4v) is 2.88. The van der Waals surface area contributed by atoms with Crippen LogP contribution in [0.3, 0.4) is 0 Å². The summed E-state index contributed by atoms with van der Waals surface area (Å²) in [5, 5.41) is 2.71. The highest BCUT2D eigenvalue weighted by Gasteiger charge is 2.17. The smallest absolute Gasteiger partial charge is 0.251 e. The Labute approximate surface area is 151 Å². The van der Waals surface area contributed by atoms with Crippen molar-refractivity contribution in [3.8, 4) is 5.75 Å². The molecule has 6 heteroatoms. The minimum atomic E-state index is -0.685. The summed E-state index contributed by atoms with van der Waals surface area (Å²) in [6.45, 7) is 2.92. The number of carbonyl (C=O) groups is 1. The number of rotatable bonds is 6. The van der Waals surface area contributed by atoms with Gasteiger partial charge in [-0.25, -0.2) is 8.78 Å². The lowest BCUT2D eigenvalue weighted by molar-refractivity contribution is 0.0679. The van der Waals surface area contributed by atoms with Gasteiger partial charge in [0.2, 0.25) is 0 Å². The highest BCUT2D eigenvalue weighted by atomic mass is 19.1. The van der Waals surface area contributed by atoms with Gasteiger partial charge in [0.1, 0.15) is 24.0 Å². The molecule has 0 radical (unpaired) electrons. The Hall–Kier alpha value is -2.47. The topological polar surface area (TPSA) is 47.6 Å². The van der Waals surface area contributed by atoms with Crippen LogP contribution in [-0.4, -0.2) is 25.2 Å². The minimum absolute atomic E-state index is 0.129. The summed E-state index contributed by atoms with van der Waals surface area (Å²) >= 11 is 0. The molecule has 0 spiro atoms. The quantitative estimate of drug-likeness (QED) is 0.846. The van der Waals surface area contributed by atoms with E-state index in [0.29, 0.717) is 17.9 Å².